The highest BCUT2D eigenvalue weighted by molar-refractivity contribution is 7.89. The van der Waals surface area contributed by atoms with Crippen LogP contribution in [-0.4, -0.2) is 45.0 Å². The average Bonchev–Trinajstić information content (AvgIpc) is 2.69. The van der Waals surface area contributed by atoms with E-state index in [4.69, 9.17) is 9.47 Å². The van der Waals surface area contributed by atoms with Crippen molar-refractivity contribution in [3.63, 3.8) is 0 Å². The van der Waals surface area contributed by atoms with Crippen molar-refractivity contribution in [3.8, 4) is 0 Å². The first kappa shape index (κ1) is 20.5. The van der Waals surface area contributed by atoms with E-state index in [1.807, 2.05) is 31.2 Å². The molecule has 0 spiro atoms. The standard InChI is InChI=1S/C21H25NO5S/c1-15-4-7-18(8-5-15)17(3)27-21(23)20-14-19(9-6-16(20)2)28(24,25)22-10-12-26-13-11-22/h4-9,14,17H,10-13H2,1-3H3/t17-/m1/s1. The summed E-state index contributed by atoms with van der Waals surface area (Å²) in [6.45, 7) is 6.90. The molecule has 3 rings (SSSR count). The molecule has 0 N–H and O–H groups in total. The molecule has 6 nitrogen and oxygen atoms in total. The molecular weight excluding hydrogens is 378 g/mol. The lowest BCUT2D eigenvalue weighted by molar-refractivity contribution is 0.0336. The second kappa shape index (κ2) is 8.43. The molecule has 0 saturated carbocycles. The molecule has 0 aromatic heterocycles. The van der Waals surface area contributed by atoms with Gasteiger partial charge < -0.3 is 9.47 Å². The fraction of sp³-hybridized carbons (Fsp3) is 0.381. The Hall–Kier alpha value is -2.22. The van der Waals surface area contributed by atoms with E-state index in [0.29, 0.717) is 31.9 Å². The maximum Gasteiger partial charge on any atom is 0.339 e. The molecule has 0 aliphatic carbocycles. The van der Waals surface area contributed by atoms with E-state index in [9.17, 15) is 13.2 Å². The molecule has 0 unspecified atom stereocenters. The molecule has 0 amide bonds. The highest BCUT2D eigenvalue weighted by Gasteiger charge is 2.28. The topological polar surface area (TPSA) is 72.9 Å². The summed E-state index contributed by atoms with van der Waals surface area (Å²) in [7, 11) is -3.67. The molecule has 1 heterocycles. The molecule has 1 fully saturated rings. The summed E-state index contributed by atoms with van der Waals surface area (Å²) in [6, 6.07) is 12.3. The molecular formula is C21H25NO5S. The quantitative estimate of drug-likeness (QED) is 0.717. The first-order valence-electron chi connectivity index (χ1n) is 9.25. The van der Waals surface area contributed by atoms with Crippen molar-refractivity contribution in [2.75, 3.05) is 26.3 Å². The predicted octanol–water partition coefficient (Wildman–Crippen LogP) is 3.24. The Bertz CT molecular complexity index is 947. The molecule has 0 bridgehead atoms. The number of aryl methyl sites for hydroxylation is 2. The zero-order valence-corrected chi connectivity index (χ0v) is 17.2. The molecule has 1 atom stereocenters. The number of hydrogen-bond donors (Lipinski definition) is 0. The number of hydrogen-bond acceptors (Lipinski definition) is 5. The normalized spacial score (nSPS) is 16.5. The monoisotopic (exact) mass is 403 g/mol. The highest BCUT2D eigenvalue weighted by Crippen LogP contribution is 2.24. The minimum Gasteiger partial charge on any atom is -0.454 e. The van der Waals surface area contributed by atoms with Gasteiger partial charge in [0.15, 0.2) is 0 Å². The van der Waals surface area contributed by atoms with Gasteiger partial charge in [0.2, 0.25) is 10.0 Å². The van der Waals surface area contributed by atoms with Crippen LogP contribution in [-0.2, 0) is 19.5 Å². The van der Waals surface area contributed by atoms with Crippen LogP contribution >= 0.6 is 0 Å². The van der Waals surface area contributed by atoms with E-state index in [1.165, 1.54) is 16.4 Å². The van der Waals surface area contributed by atoms with Crippen molar-refractivity contribution in [3.05, 3.63) is 64.7 Å². The Balaban J connectivity index is 1.82. The van der Waals surface area contributed by atoms with Gasteiger partial charge in [0.05, 0.1) is 23.7 Å². The molecule has 0 radical (unpaired) electrons. The van der Waals surface area contributed by atoms with Gasteiger partial charge in [-0.3, -0.25) is 0 Å². The molecule has 1 aliphatic heterocycles. The Kier molecular flexibility index (Phi) is 6.17. The number of carbonyl (C=O) groups is 1. The van der Waals surface area contributed by atoms with Crippen molar-refractivity contribution >= 4 is 16.0 Å². The van der Waals surface area contributed by atoms with Gasteiger partial charge in [-0.05, 0) is 44.0 Å². The van der Waals surface area contributed by atoms with E-state index in [-0.39, 0.29) is 10.5 Å². The van der Waals surface area contributed by atoms with Gasteiger partial charge >= 0.3 is 5.97 Å². The van der Waals surface area contributed by atoms with Gasteiger partial charge in [0.25, 0.3) is 0 Å². The van der Waals surface area contributed by atoms with Crippen molar-refractivity contribution in [2.45, 2.75) is 31.8 Å². The average molecular weight is 404 g/mol. The van der Waals surface area contributed by atoms with E-state index >= 15 is 0 Å². The fourth-order valence-corrected chi connectivity index (χ4v) is 4.48. The summed E-state index contributed by atoms with van der Waals surface area (Å²) in [4.78, 5) is 12.8. The van der Waals surface area contributed by atoms with Gasteiger partial charge in [-0.1, -0.05) is 35.9 Å². The Morgan fingerprint density at radius 3 is 2.36 bits per heavy atom. The van der Waals surface area contributed by atoms with Gasteiger partial charge in [-0.15, -0.1) is 0 Å². The van der Waals surface area contributed by atoms with Gasteiger partial charge in [0, 0.05) is 13.1 Å². The molecule has 1 saturated heterocycles. The number of benzene rings is 2. The van der Waals surface area contributed by atoms with Crippen molar-refractivity contribution in [2.24, 2.45) is 0 Å². The van der Waals surface area contributed by atoms with Crippen LogP contribution in [0.1, 0.15) is 40.1 Å². The third-order valence-corrected chi connectivity index (χ3v) is 6.76. The van der Waals surface area contributed by atoms with E-state index < -0.39 is 22.1 Å². The third-order valence-electron chi connectivity index (χ3n) is 4.87. The lowest BCUT2D eigenvalue weighted by Crippen LogP contribution is -2.40. The van der Waals surface area contributed by atoms with Crippen LogP contribution in [0.4, 0.5) is 0 Å². The van der Waals surface area contributed by atoms with Gasteiger partial charge in [-0.2, -0.15) is 4.31 Å². The first-order valence-corrected chi connectivity index (χ1v) is 10.7. The molecule has 2 aromatic rings. The number of sulfonamides is 1. The summed E-state index contributed by atoms with van der Waals surface area (Å²) < 4.78 is 37.9. The van der Waals surface area contributed by atoms with Crippen LogP contribution in [0, 0.1) is 13.8 Å². The van der Waals surface area contributed by atoms with Gasteiger partial charge in [0.1, 0.15) is 6.10 Å². The molecule has 2 aromatic carbocycles. The minimum atomic E-state index is -3.67. The number of esters is 1. The zero-order valence-electron chi connectivity index (χ0n) is 16.3. The Morgan fingerprint density at radius 1 is 1.07 bits per heavy atom. The number of rotatable bonds is 5. The van der Waals surface area contributed by atoms with E-state index in [0.717, 1.165) is 11.1 Å². The molecule has 1 aliphatic rings. The van der Waals surface area contributed by atoms with Gasteiger partial charge in [-0.25, -0.2) is 13.2 Å². The smallest absolute Gasteiger partial charge is 0.339 e. The van der Waals surface area contributed by atoms with Crippen LogP contribution in [0.25, 0.3) is 0 Å². The number of nitrogens with zero attached hydrogens (tertiary/aromatic N) is 1. The lowest BCUT2D eigenvalue weighted by Gasteiger charge is -2.26. The number of carbonyl (C=O) groups excluding carboxylic acids is 1. The van der Waals surface area contributed by atoms with Crippen molar-refractivity contribution in [1.29, 1.82) is 0 Å². The van der Waals surface area contributed by atoms with Crippen LogP contribution in [0.3, 0.4) is 0 Å². The molecule has 7 heteroatoms. The van der Waals surface area contributed by atoms with E-state index in [2.05, 4.69) is 0 Å². The largest absolute Gasteiger partial charge is 0.454 e. The Labute approximate surface area is 166 Å². The Morgan fingerprint density at radius 2 is 1.71 bits per heavy atom. The van der Waals surface area contributed by atoms with E-state index in [1.54, 1.807) is 19.9 Å². The second-order valence-corrected chi connectivity index (χ2v) is 8.89. The lowest BCUT2D eigenvalue weighted by atomic mass is 10.1. The maximum atomic E-state index is 12.9. The fourth-order valence-electron chi connectivity index (χ4n) is 3.05. The summed E-state index contributed by atoms with van der Waals surface area (Å²) in [5, 5.41) is 0. The minimum absolute atomic E-state index is 0.0925. The maximum absolute atomic E-state index is 12.9. The van der Waals surface area contributed by atoms with Crippen LogP contribution in [0.2, 0.25) is 0 Å². The zero-order chi connectivity index (χ0) is 20.3. The predicted molar refractivity (Wildman–Crippen MR) is 106 cm³/mol. The summed E-state index contributed by atoms with van der Waals surface area (Å²) in [6.07, 6.45) is -0.438. The third kappa shape index (κ3) is 4.43. The van der Waals surface area contributed by atoms with Crippen LogP contribution in [0.5, 0.6) is 0 Å². The van der Waals surface area contributed by atoms with Crippen molar-refractivity contribution < 1.29 is 22.7 Å². The summed E-state index contributed by atoms with van der Waals surface area (Å²) in [5.74, 6) is -0.537. The first-order chi connectivity index (χ1) is 13.3. The highest BCUT2D eigenvalue weighted by atomic mass is 32.2. The number of morpholine rings is 1. The SMILES string of the molecule is Cc1ccc([C@@H](C)OC(=O)c2cc(S(=O)(=O)N3CCOCC3)ccc2C)cc1. The summed E-state index contributed by atoms with van der Waals surface area (Å²) in [5.41, 5.74) is 2.93. The van der Waals surface area contributed by atoms with Crippen LogP contribution < -0.4 is 0 Å². The summed E-state index contributed by atoms with van der Waals surface area (Å²) >= 11 is 0. The van der Waals surface area contributed by atoms with Crippen molar-refractivity contribution in [1.82, 2.24) is 4.31 Å². The number of ether oxygens (including phenoxy) is 2. The second-order valence-electron chi connectivity index (χ2n) is 6.95. The molecule has 28 heavy (non-hydrogen) atoms. The molecule has 150 valence electrons. The van der Waals surface area contributed by atoms with Crippen LogP contribution in [0.15, 0.2) is 47.4 Å².